The lowest BCUT2D eigenvalue weighted by Gasteiger charge is -2.12. The normalized spacial score (nSPS) is 12.4. The fourth-order valence-corrected chi connectivity index (χ4v) is 3.34. The number of fused-ring (bicyclic) bond motifs is 2. The zero-order chi connectivity index (χ0) is 20.7. The molecule has 2 heterocycles. The van der Waals surface area contributed by atoms with Crippen LogP contribution in [0.3, 0.4) is 0 Å². The van der Waals surface area contributed by atoms with Gasteiger partial charge in [0.2, 0.25) is 0 Å². The van der Waals surface area contributed by atoms with Crippen molar-refractivity contribution in [3.8, 4) is 5.69 Å². The number of nitrogens with two attached hydrogens (primary N) is 1. The molecule has 29 heavy (non-hydrogen) atoms. The molecule has 0 bridgehead atoms. The summed E-state index contributed by atoms with van der Waals surface area (Å²) in [6.07, 6.45) is 0.770. The summed E-state index contributed by atoms with van der Waals surface area (Å²) in [4.78, 5) is 22.3. The van der Waals surface area contributed by atoms with Crippen LogP contribution >= 0.6 is 11.6 Å². The van der Waals surface area contributed by atoms with Crippen molar-refractivity contribution >= 4 is 45.5 Å². The number of carbonyl (C=O) groups is 1. The number of nitrogen functional groups attached to an aromatic ring is 1. The van der Waals surface area contributed by atoms with E-state index in [1.165, 1.54) is 18.2 Å². The summed E-state index contributed by atoms with van der Waals surface area (Å²) in [7, 11) is 0. The Morgan fingerprint density at radius 2 is 1.93 bits per heavy atom. The predicted octanol–water partition coefficient (Wildman–Crippen LogP) is 4.48. The summed E-state index contributed by atoms with van der Waals surface area (Å²) in [6.45, 7) is 3.89. The molecule has 4 aromatic rings. The van der Waals surface area contributed by atoms with Gasteiger partial charge in [-0.05, 0) is 43.7 Å². The number of nitrogens with one attached hydrogen (secondary N) is 1. The van der Waals surface area contributed by atoms with Gasteiger partial charge in [0, 0.05) is 6.04 Å². The SMILES string of the molecule is CC[C@H](C)NC(=O)c1c(N)n(-c2ccc(F)c(Cl)c2)c2nc3ccccc3nc12. The highest BCUT2D eigenvalue weighted by molar-refractivity contribution is 6.31. The third-order valence-electron chi connectivity index (χ3n) is 4.88. The van der Waals surface area contributed by atoms with Gasteiger partial charge in [0.25, 0.3) is 5.91 Å². The van der Waals surface area contributed by atoms with E-state index in [1.807, 2.05) is 38.1 Å². The minimum Gasteiger partial charge on any atom is -0.384 e. The predicted molar refractivity (Wildman–Crippen MR) is 113 cm³/mol. The molecular weight excluding hydrogens is 393 g/mol. The summed E-state index contributed by atoms with van der Waals surface area (Å²) >= 11 is 5.97. The maximum absolute atomic E-state index is 13.7. The number of hydrogen-bond acceptors (Lipinski definition) is 4. The van der Waals surface area contributed by atoms with Gasteiger partial charge in [-0.1, -0.05) is 30.7 Å². The number of para-hydroxylation sites is 2. The first-order valence-corrected chi connectivity index (χ1v) is 9.61. The summed E-state index contributed by atoms with van der Waals surface area (Å²) in [5.74, 6) is -0.714. The molecule has 3 N–H and O–H groups in total. The minimum atomic E-state index is -0.545. The largest absolute Gasteiger partial charge is 0.384 e. The highest BCUT2D eigenvalue weighted by atomic mass is 35.5. The quantitative estimate of drug-likeness (QED) is 0.518. The van der Waals surface area contributed by atoms with Crippen LogP contribution in [0.25, 0.3) is 27.9 Å². The van der Waals surface area contributed by atoms with E-state index >= 15 is 0 Å². The van der Waals surface area contributed by atoms with Gasteiger partial charge in [0.1, 0.15) is 22.7 Å². The Morgan fingerprint density at radius 3 is 2.59 bits per heavy atom. The van der Waals surface area contributed by atoms with Gasteiger partial charge in [0.05, 0.1) is 21.7 Å². The molecule has 2 aromatic carbocycles. The van der Waals surface area contributed by atoms with Gasteiger partial charge in [0.15, 0.2) is 5.65 Å². The molecule has 0 radical (unpaired) electrons. The molecule has 1 atom stereocenters. The summed E-state index contributed by atoms with van der Waals surface area (Å²) in [5.41, 5.74) is 9.21. The fourth-order valence-electron chi connectivity index (χ4n) is 3.17. The first-order chi connectivity index (χ1) is 13.9. The molecule has 0 aliphatic heterocycles. The molecule has 0 aliphatic rings. The third-order valence-corrected chi connectivity index (χ3v) is 5.17. The van der Waals surface area contributed by atoms with Crippen LogP contribution in [0.2, 0.25) is 5.02 Å². The minimum absolute atomic E-state index is 0.0334. The molecule has 0 unspecified atom stereocenters. The summed E-state index contributed by atoms with van der Waals surface area (Å²) in [6, 6.07) is 11.5. The maximum atomic E-state index is 13.7. The maximum Gasteiger partial charge on any atom is 0.257 e. The van der Waals surface area contributed by atoms with Gasteiger partial charge in [-0.15, -0.1) is 0 Å². The lowest BCUT2D eigenvalue weighted by molar-refractivity contribution is 0.0941. The van der Waals surface area contributed by atoms with Gasteiger partial charge < -0.3 is 11.1 Å². The lowest BCUT2D eigenvalue weighted by atomic mass is 10.2. The van der Waals surface area contributed by atoms with Crippen LogP contribution in [0.1, 0.15) is 30.6 Å². The van der Waals surface area contributed by atoms with E-state index < -0.39 is 5.82 Å². The van der Waals surface area contributed by atoms with Crippen molar-refractivity contribution in [2.45, 2.75) is 26.3 Å². The number of rotatable bonds is 4. The Labute approximate surface area is 171 Å². The van der Waals surface area contributed by atoms with Crippen LogP contribution in [-0.4, -0.2) is 26.5 Å². The first kappa shape index (κ1) is 19.1. The van der Waals surface area contributed by atoms with Crippen molar-refractivity contribution in [1.29, 1.82) is 0 Å². The molecule has 0 saturated heterocycles. The molecule has 6 nitrogen and oxygen atoms in total. The molecule has 0 aliphatic carbocycles. The van der Waals surface area contributed by atoms with Crippen molar-refractivity contribution < 1.29 is 9.18 Å². The second-order valence-electron chi connectivity index (χ2n) is 6.86. The lowest BCUT2D eigenvalue weighted by Crippen LogP contribution is -2.32. The monoisotopic (exact) mass is 411 g/mol. The average Bonchev–Trinajstić information content (AvgIpc) is 2.99. The Balaban J connectivity index is 2.04. The molecular formula is C21H19ClFN5O. The van der Waals surface area contributed by atoms with Gasteiger partial charge in [-0.25, -0.2) is 14.4 Å². The van der Waals surface area contributed by atoms with E-state index in [2.05, 4.69) is 15.3 Å². The Morgan fingerprint density at radius 1 is 1.24 bits per heavy atom. The van der Waals surface area contributed by atoms with E-state index in [-0.39, 0.29) is 28.4 Å². The zero-order valence-electron chi connectivity index (χ0n) is 15.9. The first-order valence-electron chi connectivity index (χ1n) is 9.23. The highest BCUT2D eigenvalue weighted by Gasteiger charge is 2.25. The topological polar surface area (TPSA) is 85.8 Å². The Kier molecular flexibility index (Phi) is 4.84. The van der Waals surface area contributed by atoms with Crippen LogP contribution in [0.5, 0.6) is 0 Å². The number of halogens is 2. The molecule has 2 aromatic heterocycles. The van der Waals surface area contributed by atoms with Crippen molar-refractivity contribution in [3.63, 3.8) is 0 Å². The number of aromatic nitrogens is 3. The van der Waals surface area contributed by atoms with Gasteiger partial charge in [-0.2, -0.15) is 0 Å². The van der Waals surface area contributed by atoms with Crippen LogP contribution in [-0.2, 0) is 0 Å². The number of carbonyl (C=O) groups excluding carboxylic acids is 1. The average molecular weight is 412 g/mol. The molecule has 0 spiro atoms. The molecule has 0 saturated carbocycles. The number of hydrogen-bond donors (Lipinski definition) is 2. The molecule has 4 rings (SSSR count). The standard InChI is InChI=1S/C21H19ClFN5O/c1-3-11(2)25-21(29)17-18-20(27-16-7-5-4-6-15(16)26-18)28(19(17)24)12-8-9-14(23)13(22)10-12/h4-11H,3,24H2,1-2H3,(H,25,29)/t11-/m0/s1. The summed E-state index contributed by atoms with van der Waals surface area (Å²) in [5, 5.41) is 2.87. The van der Waals surface area contributed by atoms with Crippen LogP contribution in [0.15, 0.2) is 42.5 Å². The molecule has 148 valence electrons. The van der Waals surface area contributed by atoms with Crippen LogP contribution in [0.4, 0.5) is 10.2 Å². The van der Waals surface area contributed by atoms with Gasteiger partial charge >= 0.3 is 0 Å². The van der Waals surface area contributed by atoms with E-state index in [9.17, 15) is 9.18 Å². The second-order valence-corrected chi connectivity index (χ2v) is 7.27. The van der Waals surface area contributed by atoms with Crippen molar-refractivity contribution in [3.05, 3.63) is 58.9 Å². The van der Waals surface area contributed by atoms with E-state index in [0.717, 1.165) is 6.42 Å². The third kappa shape index (κ3) is 3.27. The molecule has 8 heteroatoms. The molecule has 1 amide bonds. The molecule has 0 fully saturated rings. The van der Waals surface area contributed by atoms with Gasteiger partial charge in [-0.3, -0.25) is 9.36 Å². The zero-order valence-corrected chi connectivity index (χ0v) is 16.7. The van der Waals surface area contributed by atoms with Crippen LogP contribution < -0.4 is 11.1 Å². The van der Waals surface area contributed by atoms with Crippen molar-refractivity contribution in [1.82, 2.24) is 19.9 Å². The van der Waals surface area contributed by atoms with E-state index in [0.29, 0.717) is 27.9 Å². The summed E-state index contributed by atoms with van der Waals surface area (Å²) < 4.78 is 15.3. The van der Waals surface area contributed by atoms with Crippen molar-refractivity contribution in [2.24, 2.45) is 0 Å². The second kappa shape index (κ2) is 7.33. The Bertz CT molecular complexity index is 1250. The number of anilines is 1. The number of amides is 1. The number of benzene rings is 2. The Hall–Kier alpha value is -3.19. The smallest absolute Gasteiger partial charge is 0.257 e. The number of nitrogens with zero attached hydrogens (tertiary/aromatic N) is 3. The highest BCUT2D eigenvalue weighted by Crippen LogP contribution is 2.32. The van der Waals surface area contributed by atoms with Crippen molar-refractivity contribution in [2.75, 3.05) is 5.73 Å². The van der Waals surface area contributed by atoms with E-state index in [4.69, 9.17) is 17.3 Å². The van der Waals surface area contributed by atoms with Crippen LogP contribution in [0, 0.1) is 5.82 Å². The van der Waals surface area contributed by atoms with E-state index in [1.54, 1.807) is 4.57 Å². The fraction of sp³-hybridized carbons (Fsp3) is 0.190.